The van der Waals surface area contributed by atoms with Gasteiger partial charge >= 0.3 is 0 Å². The molecule has 33 heavy (non-hydrogen) atoms. The highest BCUT2D eigenvalue weighted by Gasteiger charge is 2.22. The van der Waals surface area contributed by atoms with E-state index in [9.17, 15) is 23.3 Å². The summed E-state index contributed by atoms with van der Waals surface area (Å²) in [7, 11) is -2.61. The number of hydrogen-bond donors (Lipinski definition) is 1. The normalized spacial score (nSPS) is 11.0. The van der Waals surface area contributed by atoms with Crippen molar-refractivity contribution < 1.29 is 22.9 Å². The number of benzene rings is 3. The first-order chi connectivity index (χ1) is 15.7. The molecule has 1 amide bonds. The topological polar surface area (TPSA) is 119 Å². The van der Waals surface area contributed by atoms with Gasteiger partial charge in [0.1, 0.15) is 12.4 Å². The van der Waals surface area contributed by atoms with E-state index in [0.717, 1.165) is 6.07 Å². The predicted octanol–water partition coefficient (Wildman–Crippen LogP) is 4.20. The van der Waals surface area contributed by atoms with Crippen LogP contribution in [0.4, 0.5) is 11.4 Å². The second-order valence-corrected chi connectivity index (χ2v) is 9.06. The smallest absolute Gasteiger partial charge is 0.270 e. The maximum absolute atomic E-state index is 13.0. The number of carbonyl (C=O) groups is 1. The van der Waals surface area contributed by atoms with E-state index in [0.29, 0.717) is 10.8 Å². The van der Waals surface area contributed by atoms with Crippen LogP contribution in [0.15, 0.2) is 77.7 Å². The van der Waals surface area contributed by atoms with Gasteiger partial charge in [-0.3, -0.25) is 19.6 Å². The van der Waals surface area contributed by atoms with Crippen molar-refractivity contribution in [3.63, 3.8) is 0 Å². The number of halogens is 1. The molecule has 1 N–H and O–H groups in total. The molecule has 0 saturated carbocycles. The Bertz CT molecular complexity index is 1280. The molecule has 0 radical (unpaired) electrons. The molecule has 172 valence electrons. The summed E-state index contributed by atoms with van der Waals surface area (Å²) in [6.07, 6.45) is 0. The zero-order valence-corrected chi connectivity index (χ0v) is 19.0. The van der Waals surface area contributed by atoms with Gasteiger partial charge in [-0.25, -0.2) is 8.42 Å². The van der Waals surface area contributed by atoms with Crippen LogP contribution < -0.4 is 9.46 Å². The van der Waals surface area contributed by atoms with E-state index in [4.69, 9.17) is 16.3 Å². The van der Waals surface area contributed by atoms with Crippen molar-refractivity contribution in [2.75, 3.05) is 24.9 Å². The fraction of sp³-hybridized carbons (Fsp3) is 0.136. The van der Waals surface area contributed by atoms with E-state index < -0.39 is 20.9 Å². The summed E-state index contributed by atoms with van der Waals surface area (Å²) in [5.74, 6) is 0.135. The SMILES string of the molecule is CN(CCOc1cccc(Cl)c1)C(=O)c1ccccc1NS(=O)(=O)c1cccc([N+](=O)[O-])c1. The number of amides is 1. The number of nitro groups is 1. The molecule has 0 aliphatic carbocycles. The number of rotatable bonds is 9. The third kappa shape index (κ3) is 6.21. The van der Waals surface area contributed by atoms with Gasteiger partial charge in [-0.15, -0.1) is 0 Å². The Hall–Kier alpha value is -3.63. The van der Waals surface area contributed by atoms with E-state index >= 15 is 0 Å². The summed E-state index contributed by atoms with van der Waals surface area (Å²) in [5, 5.41) is 11.5. The molecule has 0 spiro atoms. The minimum Gasteiger partial charge on any atom is -0.492 e. The quantitative estimate of drug-likeness (QED) is 0.355. The number of likely N-dealkylation sites (N-methyl/N-ethyl adjacent to an activating group) is 1. The molecule has 0 aliphatic rings. The Labute approximate surface area is 195 Å². The Kier molecular flexibility index (Phi) is 7.52. The fourth-order valence-electron chi connectivity index (χ4n) is 2.89. The maximum atomic E-state index is 13.0. The molecule has 3 rings (SSSR count). The van der Waals surface area contributed by atoms with Gasteiger partial charge < -0.3 is 9.64 Å². The number of para-hydroxylation sites is 1. The van der Waals surface area contributed by atoms with Crippen LogP contribution in [-0.2, 0) is 10.0 Å². The summed E-state index contributed by atoms with van der Waals surface area (Å²) < 4.78 is 33.5. The van der Waals surface area contributed by atoms with Gasteiger partial charge in [0.2, 0.25) is 0 Å². The molecule has 0 unspecified atom stereocenters. The van der Waals surface area contributed by atoms with Crippen molar-refractivity contribution in [3.05, 3.63) is 93.5 Å². The van der Waals surface area contributed by atoms with Crippen molar-refractivity contribution >= 4 is 38.9 Å². The minimum absolute atomic E-state index is 0.0524. The van der Waals surface area contributed by atoms with Gasteiger partial charge in [-0.2, -0.15) is 0 Å². The highest BCUT2D eigenvalue weighted by molar-refractivity contribution is 7.92. The van der Waals surface area contributed by atoms with Gasteiger partial charge in [0.15, 0.2) is 0 Å². The van der Waals surface area contributed by atoms with Crippen LogP contribution in [0, 0.1) is 10.1 Å². The lowest BCUT2D eigenvalue weighted by Gasteiger charge is -2.20. The molecule has 0 atom stereocenters. The first kappa shape index (κ1) is 24.0. The second-order valence-electron chi connectivity index (χ2n) is 6.94. The Morgan fingerprint density at radius 1 is 1.09 bits per heavy atom. The third-order valence-electron chi connectivity index (χ3n) is 4.58. The van der Waals surface area contributed by atoms with E-state index in [1.165, 1.54) is 35.2 Å². The Morgan fingerprint density at radius 3 is 2.55 bits per heavy atom. The number of ether oxygens (including phenoxy) is 1. The Balaban J connectivity index is 1.73. The Morgan fingerprint density at radius 2 is 1.82 bits per heavy atom. The van der Waals surface area contributed by atoms with Gasteiger partial charge in [-0.05, 0) is 36.4 Å². The van der Waals surface area contributed by atoms with Crippen LogP contribution in [0.5, 0.6) is 5.75 Å². The molecule has 11 heteroatoms. The van der Waals surface area contributed by atoms with Gasteiger partial charge in [-0.1, -0.05) is 35.9 Å². The van der Waals surface area contributed by atoms with Gasteiger partial charge in [0.05, 0.1) is 27.6 Å². The number of anilines is 1. The van der Waals surface area contributed by atoms with Crippen LogP contribution in [0.25, 0.3) is 0 Å². The number of non-ortho nitro benzene ring substituents is 1. The minimum atomic E-state index is -4.17. The highest BCUT2D eigenvalue weighted by Crippen LogP contribution is 2.24. The molecule has 0 fully saturated rings. The van der Waals surface area contributed by atoms with Crippen LogP contribution in [-0.4, -0.2) is 44.3 Å². The van der Waals surface area contributed by atoms with Crippen LogP contribution in [0.1, 0.15) is 10.4 Å². The van der Waals surface area contributed by atoms with Crippen molar-refractivity contribution in [2.24, 2.45) is 0 Å². The molecule has 0 heterocycles. The van der Waals surface area contributed by atoms with Crippen LogP contribution in [0.2, 0.25) is 5.02 Å². The van der Waals surface area contributed by atoms with Crippen LogP contribution in [0.3, 0.4) is 0 Å². The van der Waals surface area contributed by atoms with E-state index in [-0.39, 0.29) is 35.0 Å². The average molecular weight is 490 g/mol. The first-order valence-corrected chi connectivity index (χ1v) is 11.5. The first-order valence-electron chi connectivity index (χ1n) is 9.67. The predicted molar refractivity (Wildman–Crippen MR) is 124 cm³/mol. The molecule has 0 saturated heterocycles. The molecule has 3 aromatic carbocycles. The zero-order chi connectivity index (χ0) is 24.0. The third-order valence-corrected chi connectivity index (χ3v) is 6.18. The largest absolute Gasteiger partial charge is 0.492 e. The molecular formula is C22H20ClN3O6S. The van der Waals surface area contributed by atoms with Crippen LogP contribution >= 0.6 is 11.6 Å². The summed E-state index contributed by atoms with van der Waals surface area (Å²) in [6, 6.07) is 17.6. The van der Waals surface area contributed by atoms with Crippen molar-refractivity contribution in [1.29, 1.82) is 0 Å². The molecule has 9 nitrogen and oxygen atoms in total. The summed E-state index contributed by atoms with van der Waals surface area (Å²) in [5.41, 5.74) is -0.185. The average Bonchev–Trinajstić information content (AvgIpc) is 2.79. The zero-order valence-electron chi connectivity index (χ0n) is 17.5. The monoisotopic (exact) mass is 489 g/mol. The molecule has 0 bridgehead atoms. The lowest BCUT2D eigenvalue weighted by atomic mass is 10.1. The highest BCUT2D eigenvalue weighted by atomic mass is 35.5. The van der Waals surface area contributed by atoms with E-state index in [1.807, 2.05) is 0 Å². The number of nitro benzene ring substituents is 1. The second kappa shape index (κ2) is 10.3. The van der Waals surface area contributed by atoms with Crippen molar-refractivity contribution in [1.82, 2.24) is 4.90 Å². The number of hydrogen-bond acceptors (Lipinski definition) is 6. The molecule has 3 aromatic rings. The molecule has 0 aromatic heterocycles. The lowest BCUT2D eigenvalue weighted by Crippen LogP contribution is -2.31. The van der Waals surface area contributed by atoms with Gasteiger partial charge in [0, 0.05) is 24.2 Å². The molecular weight excluding hydrogens is 470 g/mol. The molecule has 0 aliphatic heterocycles. The summed E-state index contributed by atoms with van der Waals surface area (Å²) in [6.45, 7) is 0.432. The number of nitrogens with one attached hydrogen (secondary N) is 1. The van der Waals surface area contributed by atoms with E-state index in [1.54, 1.807) is 43.4 Å². The van der Waals surface area contributed by atoms with Gasteiger partial charge in [0.25, 0.3) is 21.6 Å². The van der Waals surface area contributed by atoms with Crippen molar-refractivity contribution in [3.8, 4) is 5.75 Å². The number of sulfonamides is 1. The van der Waals surface area contributed by atoms with Crippen molar-refractivity contribution in [2.45, 2.75) is 4.90 Å². The maximum Gasteiger partial charge on any atom is 0.270 e. The number of nitrogens with zero attached hydrogens (tertiary/aromatic N) is 2. The fourth-order valence-corrected chi connectivity index (χ4v) is 4.19. The summed E-state index contributed by atoms with van der Waals surface area (Å²) >= 11 is 5.92. The van der Waals surface area contributed by atoms with E-state index in [2.05, 4.69) is 4.72 Å². The lowest BCUT2D eigenvalue weighted by molar-refractivity contribution is -0.385. The standard InChI is InChI=1S/C22H20ClN3O6S/c1-25(12-13-32-18-8-4-6-16(23)14-18)22(27)20-10-2-3-11-21(20)24-33(30,31)19-9-5-7-17(15-19)26(28)29/h2-11,14-15,24H,12-13H2,1H3. The number of carbonyl (C=O) groups excluding carboxylic acids is 1. The summed E-state index contributed by atoms with van der Waals surface area (Å²) in [4.78, 5) is 24.3.